The summed E-state index contributed by atoms with van der Waals surface area (Å²) in [6.07, 6.45) is 1.09. The van der Waals surface area contributed by atoms with Crippen LogP contribution < -0.4 is 10.6 Å². The molecule has 4 nitrogen and oxygen atoms in total. The zero-order valence-corrected chi connectivity index (χ0v) is 14.4. The highest BCUT2D eigenvalue weighted by molar-refractivity contribution is 7.99. The molecule has 0 aromatic heterocycles. The second-order valence-electron chi connectivity index (χ2n) is 5.66. The van der Waals surface area contributed by atoms with Crippen LogP contribution >= 0.6 is 11.8 Å². The number of anilines is 1. The molecule has 0 bridgehead atoms. The lowest BCUT2D eigenvalue weighted by Crippen LogP contribution is -2.32. The van der Waals surface area contributed by atoms with Crippen molar-refractivity contribution in [3.63, 3.8) is 0 Å². The maximum absolute atomic E-state index is 9.11. The van der Waals surface area contributed by atoms with Gasteiger partial charge in [0, 0.05) is 23.7 Å². The highest BCUT2D eigenvalue weighted by atomic mass is 32.2. The first-order valence-corrected chi connectivity index (χ1v) is 8.37. The van der Waals surface area contributed by atoms with Crippen molar-refractivity contribution in [3.8, 4) is 0 Å². The molecular weight excluding hydrogens is 282 g/mol. The molecule has 1 aromatic carbocycles. The molecule has 0 fully saturated rings. The lowest BCUT2D eigenvalue weighted by molar-refractivity contribution is 0.318. The van der Waals surface area contributed by atoms with Crippen LogP contribution in [0.1, 0.15) is 39.7 Å². The van der Waals surface area contributed by atoms with Crippen LogP contribution in [0.2, 0.25) is 0 Å². The number of nitrogens with zero attached hydrogens (tertiary/aromatic N) is 2. The number of nitrogens with two attached hydrogens (primary N) is 1. The van der Waals surface area contributed by atoms with E-state index < -0.39 is 0 Å². The lowest BCUT2D eigenvalue weighted by Gasteiger charge is -2.30. The first-order valence-electron chi connectivity index (χ1n) is 7.38. The summed E-state index contributed by atoms with van der Waals surface area (Å²) in [5, 5.41) is 12.3. The van der Waals surface area contributed by atoms with Gasteiger partial charge in [-0.3, -0.25) is 0 Å². The van der Waals surface area contributed by atoms with Gasteiger partial charge < -0.3 is 15.8 Å². The van der Waals surface area contributed by atoms with Crippen molar-refractivity contribution in [2.45, 2.75) is 45.1 Å². The normalized spacial score (nSPS) is 13.5. The van der Waals surface area contributed by atoms with E-state index in [2.05, 4.69) is 44.8 Å². The SMILES string of the molecule is CCSc1cccc(N(C)C(C)CC(C)C)c1/C(N)=N/O. The third-order valence-electron chi connectivity index (χ3n) is 3.52. The van der Waals surface area contributed by atoms with Crippen molar-refractivity contribution in [1.29, 1.82) is 0 Å². The van der Waals surface area contributed by atoms with Gasteiger partial charge in [0.25, 0.3) is 0 Å². The van der Waals surface area contributed by atoms with Crippen LogP contribution in [0.15, 0.2) is 28.3 Å². The van der Waals surface area contributed by atoms with E-state index in [4.69, 9.17) is 10.9 Å². The fourth-order valence-electron chi connectivity index (χ4n) is 2.47. The van der Waals surface area contributed by atoms with E-state index in [1.54, 1.807) is 11.8 Å². The predicted molar refractivity (Wildman–Crippen MR) is 92.7 cm³/mol. The molecule has 21 heavy (non-hydrogen) atoms. The molecule has 0 amide bonds. The first kappa shape index (κ1) is 17.7. The van der Waals surface area contributed by atoms with E-state index >= 15 is 0 Å². The summed E-state index contributed by atoms with van der Waals surface area (Å²) in [5.41, 5.74) is 7.76. The van der Waals surface area contributed by atoms with Gasteiger partial charge in [-0.25, -0.2) is 0 Å². The summed E-state index contributed by atoms with van der Waals surface area (Å²) in [6.45, 7) is 8.74. The molecule has 118 valence electrons. The van der Waals surface area contributed by atoms with Crippen molar-refractivity contribution in [2.24, 2.45) is 16.8 Å². The van der Waals surface area contributed by atoms with Gasteiger partial charge in [-0.2, -0.15) is 0 Å². The monoisotopic (exact) mass is 309 g/mol. The number of hydrogen-bond acceptors (Lipinski definition) is 4. The highest BCUT2D eigenvalue weighted by Crippen LogP contribution is 2.31. The van der Waals surface area contributed by atoms with Gasteiger partial charge in [-0.15, -0.1) is 11.8 Å². The molecule has 3 N–H and O–H groups in total. The number of amidine groups is 1. The maximum Gasteiger partial charge on any atom is 0.173 e. The van der Waals surface area contributed by atoms with Crippen molar-refractivity contribution in [3.05, 3.63) is 23.8 Å². The number of oxime groups is 1. The molecule has 1 aromatic rings. The quantitative estimate of drug-likeness (QED) is 0.265. The fraction of sp³-hybridized carbons (Fsp3) is 0.562. The minimum atomic E-state index is 0.171. The molecule has 0 saturated heterocycles. The van der Waals surface area contributed by atoms with Crippen molar-refractivity contribution >= 4 is 23.3 Å². The standard InChI is InChI=1S/C16H27N3OS/c1-6-21-14-9-7-8-13(15(14)16(17)18-20)19(5)12(4)10-11(2)3/h7-9,11-12,20H,6,10H2,1-5H3,(H2,17,18). The van der Waals surface area contributed by atoms with Crippen molar-refractivity contribution in [2.75, 3.05) is 17.7 Å². The Labute approximate surface area is 132 Å². The topological polar surface area (TPSA) is 61.8 Å². The average Bonchev–Trinajstić information content (AvgIpc) is 2.45. The van der Waals surface area contributed by atoms with Gasteiger partial charge in [0.1, 0.15) is 0 Å². The zero-order chi connectivity index (χ0) is 16.0. The zero-order valence-electron chi connectivity index (χ0n) is 13.6. The van der Waals surface area contributed by atoms with Crippen LogP contribution in [-0.4, -0.2) is 29.9 Å². The van der Waals surface area contributed by atoms with Crippen LogP contribution in [-0.2, 0) is 0 Å². The van der Waals surface area contributed by atoms with Crippen molar-refractivity contribution in [1.82, 2.24) is 0 Å². The van der Waals surface area contributed by atoms with E-state index in [9.17, 15) is 0 Å². The fourth-order valence-corrected chi connectivity index (χ4v) is 3.31. The minimum Gasteiger partial charge on any atom is -0.409 e. The van der Waals surface area contributed by atoms with Gasteiger partial charge in [-0.1, -0.05) is 32.0 Å². The number of benzene rings is 1. The van der Waals surface area contributed by atoms with Crippen LogP contribution in [0.5, 0.6) is 0 Å². The molecule has 0 saturated carbocycles. The Kier molecular flexibility index (Phi) is 6.89. The van der Waals surface area contributed by atoms with Gasteiger partial charge in [0.15, 0.2) is 5.84 Å². The minimum absolute atomic E-state index is 0.171. The molecule has 0 aliphatic heterocycles. The largest absolute Gasteiger partial charge is 0.409 e. The van der Waals surface area contributed by atoms with Gasteiger partial charge in [-0.05, 0) is 37.1 Å². The van der Waals surface area contributed by atoms with Gasteiger partial charge in [0.05, 0.1) is 5.56 Å². The lowest BCUT2D eigenvalue weighted by atomic mass is 10.0. The van der Waals surface area contributed by atoms with Crippen LogP contribution in [0.25, 0.3) is 0 Å². The molecule has 1 atom stereocenters. The van der Waals surface area contributed by atoms with E-state index in [1.807, 2.05) is 18.2 Å². The first-order chi connectivity index (χ1) is 9.92. The van der Waals surface area contributed by atoms with E-state index in [-0.39, 0.29) is 5.84 Å². The Morgan fingerprint density at radius 3 is 2.57 bits per heavy atom. The molecule has 5 heteroatoms. The second kappa shape index (κ2) is 8.17. The van der Waals surface area contributed by atoms with Crippen LogP contribution in [0.4, 0.5) is 5.69 Å². The van der Waals surface area contributed by atoms with Gasteiger partial charge >= 0.3 is 0 Å². The number of hydrogen-bond donors (Lipinski definition) is 2. The van der Waals surface area contributed by atoms with Crippen LogP contribution in [0.3, 0.4) is 0 Å². The summed E-state index contributed by atoms with van der Waals surface area (Å²) < 4.78 is 0. The summed E-state index contributed by atoms with van der Waals surface area (Å²) in [5.74, 6) is 1.74. The third kappa shape index (κ3) is 4.56. The third-order valence-corrected chi connectivity index (χ3v) is 4.46. The molecule has 0 radical (unpaired) electrons. The Balaban J connectivity index is 3.24. The smallest absolute Gasteiger partial charge is 0.173 e. The van der Waals surface area contributed by atoms with Gasteiger partial charge in [0.2, 0.25) is 0 Å². The Morgan fingerprint density at radius 1 is 1.38 bits per heavy atom. The summed E-state index contributed by atoms with van der Waals surface area (Å²) >= 11 is 1.70. The molecule has 1 rings (SSSR count). The average molecular weight is 309 g/mol. The maximum atomic E-state index is 9.11. The van der Waals surface area contributed by atoms with E-state index in [0.717, 1.165) is 28.3 Å². The Hall–Kier alpha value is -1.36. The summed E-state index contributed by atoms with van der Waals surface area (Å²) in [4.78, 5) is 3.27. The van der Waals surface area contributed by atoms with Crippen LogP contribution in [0, 0.1) is 5.92 Å². The molecule has 0 aliphatic rings. The number of thioether (sulfide) groups is 1. The molecule has 0 spiro atoms. The molecule has 1 unspecified atom stereocenters. The second-order valence-corrected chi connectivity index (χ2v) is 6.96. The summed E-state index contributed by atoms with van der Waals surface area (Å²) in [6, 6.07) is 6.47. The molecular formula is C16H27N3OS. The number of rotatable bonds is 7. The Bertz CT molecular complexity index is 488. The molecule has 0 aliphatic carbocycles. The predicted octanol–water partition coefficient (Wildman–Crippen LogP) is 3.76. The summed E-state index contributed by atoms with van der Waals surface area (Å²) in [7, 11) is 2.07. The van der Waals surface area contributed by atoms with Crippen molar-refractivity contribution < 1.29 is 5.21 Å². The van der Waals surface area contributed by atoms with E-state index in [0.29, 0.717) is 12.0 Å². The van der Waals surface area contributed by atoms with E-state index in [1.165, 1.54) is 0 Å². The molecule has 0 heterocycles. The highest BCUT2D eigenvalue weighted by Gasteiger charge is 2.19. The Morgan fingerprint density at radius 2 is 2.05 bits per heavy atom.